The van der Waals surface area contributed by atoms with Crippen molar-refractivity contribution in [1.29, 1.82) is 0 Å². The van der Waals surface area contributed by atoms with Crippen LogP contribution in [0, 0.1) is 0 Å². The van der Waals surface area contributed by atoms with Crippen LogP contribution < -0.4 is 29.4 Å². The van der Waals surface area contributed by atoms with E-state index in [1.54, 1.807) is 36.9 Å². The van der Waals surface area contributed by atoms with E-state index < -0.39 is 5.97 Å². The Balaban J connectivity index is 0.000000157. The van der Waals surface area contributed by atoms with Gasteiger partial charge in [-0.3, -0.25) is 9.59 Å². The fraction of sp³-hybridized carbons (Fsp3) is 0.321. The number of hydrogen-bond acceptors (Lipinski definition) is 17. The van der Waals surface area contributed by atoms with Crippen LogP contribution in [0.15, 0.2) is 110 Å². The Labute approximate surface area is 421 Å². The summed E-state index contributed by atoms with van der Waals surface area (Å²) in [7, 11) is 1.40. The lowest BCUT2D eigenvalue weighted by Crippen LogP contribution is -2.47. The summed E-state index contributed by atoms with van der Waals surface area (Å²) in [5.41, 5.74) is 9.79. The number of aliphatic carboxylic acids is 1. The number of fused-ring (bicyclic) bond motifs is 4. The average Bonchev–Trinajstić information content (AvgIpc) is 4.25. The number of carboxylic acids is 1. The Bertz CT molecular complexity index is 3280. The second kappa shape index (κ2) is 20.2. The number of nitrogens with zero attached hydrogens (tertiary/aromatic N) is 14. The molecule has 374 valence electrons. The quantitative estimate of drug-likeness (QED) is 0.117. The number of hydrogen-bond donors (Lipinski definition) is 3. The standard InChI is InChI=1S/C27H29N7O3.C26H27N7O3/c1-37-23(36)11-12-33-18-28-24-25(33)29-27(30-26(24)34-13-10-19-4-2-3-5-22(19)34)32-16-14-31(15-17-32)20-6-8-21(35)9-7-20;34-20-7-5-19(6-8-20)30-13-15-31(16-14-30)26-28-24-23(27-17-32(24)11-10-22(35)36)25(29-26)33-12-9-18-3-1-2-4-21(18)33/h2-9,18,35H,10-17H2,1H3;1-8,17,34H,9-16H2,(H,35,36). The van der Waals surface area contributed by atoms with Gasteiger partial charge in [-0.05, 0) is 84.6 Å². The highest BCUT2D eigenvalue weighted by atomic mass is 16.5. The molecule has 4 aliphatic heterocycles. The van der Waals surface area contributed by atoms with E-state index in [0.29, 0.717) is 41.8 Å². The highest BCUT2D eigenvalue weighted by Crippen LogP contribution is 2.39. The third-order valence-electron chi connectivity index (χ3n) is 14.1. The molecular formula is C53H56N14O6. The van der Waals surface area contributed by atoms with Crippen LogP contribution in [0.25, 0.3) is 22.3 Å². The van der Waals surface area contributed by atoms with Crippen LogP contribution in [0.2, 0.25) is 0 Å². The van der Waals surface area contributed by atoms with E-state index in [2.05, 4.69) is 75.8 Å². The molecule has 20 heteroatoms. The van der Waals surface area contributed by atoms with Gasteiger partial charge in [-0.25, -0.2) is 9.97 Å². The summed E-state index contributed by atoms with van der Waals surface area (Å²) in [4.78, 5) is 65.6. The molecule has 8 heterocycles. The number of anilines is 8. The monoisotopic (exact) mass is 984 g/mol. The van der Waals surface area contributed by atoms with Crippen molar-refractivity contribution in [2.45, 2.75) is 38.8 Å². The molecule has 4 aromatic carbocycles. The molecule has 20 nitrogen and oxygen atoms in total. The number of imidazole rings is 2. The summed E-state index contributed by atoms with van der Waals surface area (Å²) in [5.74, 6) is 2.25. The molecule has 0 bridgehead atoms. The van der Waals surface area contributed by atoms with Crippen molar-refractivity contribution in [3.05, 3.63) is 121 Å². The number of piperazine rings is 2. The predicted octanol–water partition coefficient (Wildman–Crippen LogP) is 6.14. The maximum atomic E-state index is 11.8. The van der Waals surface area contributed by atoms with E-state index >= 15 is 0 Å². The van der Waals surface area contributed by atoms with Crippen molar-refractivity contribution in [3.8, 4) is 11.5 Å². The van der Waals surface area contributed by atoms with Crippen LogP contribution in [0.5, 0.6) is 11.5 Å². The number of methoxy groups -OCH3 is 1. The van der Waals surface area contributed by atoms with Gasteiger partial charge in [-0.15, -0.1) is 0 Å². The summed E-state index contributed by atoms with van der Waals surface area (Å²) < 4.78 is 8.56. The van der Waals surface area contributed by atoms with Gasteiger partial charge >= 0.3 is 11.9 Å². The molecule has 4 aliphatic rings. The predicted molar refractivity (Wildman–Crippen MR) is 279 cm³/mol. The van der Waals surface area contributed by atoms with E-state index in [9.17, 15) is 24.9 Å². The number of rotatable bonds is 12. The van der Waals surface area contributed by atoms with Crippen LogP contribution in [0.3, 0.4) is 0 Å². The summed E-state index contributed by atoms with van der Waals surface area (Å²) >= 11 is 0. The molecule has 8 aromatic rings. The number of phenols is 2. The maximum Gasteiger partial charge on any atom is 0.307 e. The topological polar surface area (TPSA) is 211 Å². The molecule has 0 amide bonds. The molecule has 73 heavy (non-hydrogen) atoms. The summed E-state index contributed by atoms with van der Waals surface area (Å²) in [6.45, 7) is 8.60. The highest BCUT2D eigenvalue weighted by molar-refractivity contribution is 5.90. The van der Waals surface area contributed by atoms with E-state index in [4.69, 9.17) is 24.7 Å². The molecule has 0 atom stereocenters. The first kappa shape index (κ1) is 46.7. The molecule has 3 N–H and O–H groups in total. The van der Waals surface area contributed by atoms with Crippen molar-refractivity contribution in [2.24, 2.45) is 0 Å². The van der Waals surface area contributed by atoms with Crippen LogP contribution >= 0.6 is 0 Å². The lowest BCUT2D eigenvalue weighted by atomic mass is 10.2. The second-order valence-corrected chi connectivity index (χ2v) is 18.4. The van der Waals surface area contributed by atoms with Crippen LogP contribution in [-0.4, -0.2) is 139 Å². The maximum absolute atomic E-state index is 11.8. The molecule has 4 aromatic heterocycles. The van der Waals surface area contributed by atoms with Gasteiger partial charge in [0.15, 0.2) is 34.0 Å². The SMILES string of the molecule is COC(=O)CCn1cnc2c(N3CCc4ccccc43)nc(N3CCN(c4ccc(O)cc4)CC3)nc21.O=C(O)CCn1cnc2c(N3CCc4ccccc43)nc(N3CCN(c4ccc(O)cc4)CC3)nc21. The van der Waals surface area contributed by atoms with Crippen LogP contribution in [0.4, 0.5) is 46.3 Å². The smallest absolute Gasteiger partial charge is 0.307 e. The molecule has 0 saturated carbocycles. The van der Waals surface area contributed by atoms with Gasteiger partial charge in [0, 0.05) is 101 Å². The molecule has 12 rings (SSSR count). The minimum Gasteiger partial charge on any atom is -0.508 e. The number of carbonyl (C=O) groups excluding carboxylic acids is 1. The third-order valence-corrected chi connectivity index (χ3v) is 14.1. The Morgan fingerprint density at radius 1 is 0.521 bits per heavy atom. The molecule has 2 fully saturated rings. The first-order valence-electron chi connectivity index (χ1n) is 24.7. The fourth-order valence-corrected chi connectivity index (χ4v) is 10.1. The number of esters is 1. The van der Waals surface area contributed by atoms with Crippen molar-refractivity contribution in [1.82, 2.24) is 39.0 Å². The zero-order valence-corrected chi connectivity index (χ0v) is 40.5. The van der Waals surface area contributed by atoms with Crippen LogP contribution in [0.1, 0.15) is 24.0 Å². The number of aromatic nitrogens is 8. The number of phenolic OH excluding ortho intramolecular Hbond substituents is 2. The Kier molecular flexibility index (Phi) is 12.9. The minimum absolute atomic E-state index is 0.00200. The van der Waals surface area contributed by atoms with Gasteiger partial charge < -0.3 is 58.6 Å². The Hall–Kier alpha value is -8.68. The van der Waals surface area contributed by atoms with Crippen molar-refractivity contribution in [2.75, 3.05) is 102 Å². The van der Waals surface area contributed by atoms with E-state index in [1.165, 1.54) is 18.2 Å². The lowest BCUT2D eigenvalue weighted by molar-refractivity contribution is -0.141. The first-order chi connectivity index (χ1) is 35.7. The molecule has 0 spiro atoms. The number of aromatic hydroxyl groups is 2. The summed E-state index contributed by atoms with van der Waals surface area (Å²) in [6.07, 6.45) is 5.53. The van der Waals surface area contributed by atoms with Gasteiger partial charge in [-0.2, -0.15) is 19.9 Å². The van der Waals surface area contributed by atoms with Gasteiger partial charge in [0.05, 0.1) is 32.6 Å². The lowest BCUT2D eigenvalue weighted by Gasteiger charge is -2.36. The minimum atomic E-state index is -0.856. The average molecular weight is 985 g/mol. The van der Waals surface area contributed by atoms with Gasteiger partial charge in [0.25, 0.3) is 0 Å². The first-order valence-corrected chi connectivity index (χ1v) is 24.7. The highest BCUT2D eigenvalue weighted by Gasteiger charge is 2.30. The second-order valence-electron chi connectivity index (χ2n) is 18.4. The largest absolute Gasteiger partial charge is 0.508 e. The van der Waals surface area contributed by atoms with Crippen LogP contribution in [-0.2, 0) is 40.3 Å². The number of ether oxygens (including phenoxy) is 1. The summed E-state index contributed by atoms with van der Waals surface area (Å²) in [5, 5.41) is 28.4. The number of benzene rings is 4. The van der Waals surface area contributed by atoms with E-state index in [-0.39, 0.29) is 30.3 Å². The van der Waals surface area contributed by atoms with Crippen molar-refractivity contribution >= 4 is 80.5 Å². The number of carboxylic acid groups (broad SMARTS) is 1. The van der Waals surface area contributed by atoms with E-state index in [1.807, 2.05) is 45.5 Å². The fourth-order valence-electron chi connectivity index (χ4n) is 10.1. The molecular weight excluding hydrogens is 929 g/mol. The molecule has 0 radical (unpaired) electrons. The van der Waals surface area contributed by atoms with Crippen molar-refractivity contribution < 1.29 is 29.6 Å². The Morgan fingerprint density at radius 2 is 0.932 bits per heavy atom. The zero-order valence-electron chi connectivity index (χ0n) is 40.5. The third kappa shape index (κ3) is 9.62. The Morgan fingerprint density at radius 3 is 1.36 bits per heavy atom. The molecule has 0 aliphatic carbocycles. The molecule has 0 unspecified atom stereocenters. The van der Waals surface area contributed by atoms with Gasteiger partial charge in [0.2, 0.25) is 11.9 Å². The molecule has 2 saturated heterocycles. The van der Waals surface area contributed by atoms with E-state index in [0.717, 1.165) is 118 Å². The number of para-hydroxylation sites is 2. The zero-order chi connectivity index (χ0) is 50.0. The van der Waals surface area contributed by atoms with Gasteiger partial charge in [0.1, 0.15) is 11.5 Å². The number of aryl methyl sites for hydroxylation is 2. The van der Waals surface area contributed by atoms with Crippen molar-refractivity contribution in [3.63, 3.8) is 0 Å². The van der Waals surface area contributed by atoms with Gasteiger partial charge in [-0.1, -0.05) is 36.4 Å². The summed E-state index contributed by atoms with van der Waals surface area (Å²) in [6, 6.07) is 31.3. The normalized spacial score (nSPS) is 15.4. The number of carbonyl (C=O) groups is 2.